The van der Waals surface area contributed by atoms with E-state index in [2.05, 4.69) is 16.4 Å². The molecule has 4 rings (SSSR count). The van der Waals surface area contributed by atoms with Crippen molar-refractivity contribution >= 4 is 34.3 Å². The number of hydrogen-bond donors (Lipinski definition) is 3. The lowest BCUT2D eigenvalue weighted by molar-refractivity contribution is -0.138. The molecule has 1 aliphatic rings. The van der Waals surface area contributed by atoms with Gasteiger partial charge in [0, 0.05) is 34.3 Å². The van der Waals surface area contributed by atoms with E-state index in [1.165, 1.54) is 0 Å². The molecule has 1 saturated heterocycles. The van der Waals surface area contributed by atoms with Gasteiger partial charge in [0.05, 0.1) is 18.0 Å². The number of benzene rings is 2. The second-order valence-corrected chi connectivity index (χ2v) is 8.42. The number of hydrogen-bond acceptors (Lipinski definition) is 5. The Morgan fingerprint density at radius 1 is 1.19 bits per heavy atom. The minimum atomic E-state index is -0.632. The van der Waals surface area contributed by atoms with Gasteiger partial charge < -0.3 is 10.1 Å². The van der Waals surface area contributed by atoms with Gasteiger partial charge in [0.25, 0.3) is 11.8 Å². The lowest BCUT2D eigenvalue weighted by Gasteiger charge is -2.30. The summed E-state index contributed by atoms with van der Waals surface area (Å²) in [4.78, 5) is 29.1. The van der Waals surface area contributed by atoms with Crippen LogP contribution in [0.4, 0.5) is 0 Å². The summed E-state index contributed by atoms with van der Waals surface area (Å²) >= 11 is 6.19. The predicted octanol–water partition coefficient (Wildman–Crippen LogP) is 3.43. The van der Waals surface area contributed by atoms with Gasteiger partial charge in [-0.1, -0.05) is 23.7 Å². The zero-order valence-electron chi connectivity index (χ0n) is 17.6. The van der Waals surface area contributed by atoms with Crippen LogP contribution in [0.25, 0.3) is 10.9 Å². The molecule has 1 aromatic heterocycles. The topological polar surface area (TPSA) is 101 Å². The molecule has 2 atom stereocenters. The zero-order valence-corrected chi connectivity index (χ0v) is 18.4. The summed E-state index contributed by atoms with van der Waals surface area (Å²) in [6, 6.07) is 14.7. The summed E-state index contributed by atoms with van der Waals surface area (Å²) in [5.41, 5.74) is 6.15. The molecule has 7 nitrogen and oxygen atoms in total. The van der Waals surface area contributed by atoms with E-state index >= 15 is 0 Å². The number of aryl methyl sites for hydroxylation is 1. The van der Waals surface area contributed by atoms with Gasteiger partial charge in [-0.25, -0.2) is 5.48 Å². The van der Waals surface area contributed by atoms with Crippen LogP contribution in [0.15, 0.2) is 48.5 Å². The molecule has 32 heavy (non-hydrogen) atoms. The Morgan fingerprint density at radius 3 is 2.72 bits per heavy atom. The van der Waals surface area contributed by atoms with Gasteiger partial charge in [-0.3, -0.25) is 19.8 Å². The number of halogens is 1. The summed E-state index contributed by atoms with van der Waals surface area (Å²) in [5.74, 6) is -1.46. The van der Waals surface area contributed by atoms with Crippen molar-refractivity contribution in [1.82, 2.24) is 15.8 Å². The highest BCUT2D eigenvalue weighted by atomic mass is 35.5. The Bertz CT molecular complexity index is 1150. The van der Waals surface area contributed by atoms with Crippen molar-refractivity contribution in [2.45, 2.75) is 25.8 Å². The number of ether oxygens (including phenoxy) is 1. The second kappa shape index (κ2) is 9.65. The quantitative estimate of drug-likeness (QED) is 0.406. The third-order valence-electron chi connectivity index (χ3n) is 5.71. The van der Waals surface area contributed by atoms with E-state index in [1.54, 1.807) is 17.6 Å². The van der Waals surface area contributed by atoms with E-state index in [0.717, 1.165) is 27.7 Å². The summed E-state index contributed by atoms with van der Waals surface area (Å²) in [5, 5.41) is 13.5. The van der Waals surface area contributed by atoms with Crippen molar-refractivity contribution in [3.05, 3.63) is 75.9 Å². The van der Waals surface area contributed by atoms with E-state index in [9.17, 15) is 9.59 Å². The third kappa shape index (κ3) is 4.91. The number of nitrogens with one attached hydrogen (secondary N) is 2. The first-order valence-electron chi connectivity index (χ1n) is 10.4. The average Bonchev–Trinajstić information content (AvgIpc) is 2.80. The van der Waals surface area contributed by atoms with Crippen molar-refractivity contribution in [3.63, 3.8) is 0 Å². The highest BCUT2D eigenvalue weighted by molar-refractivity contribution is 6.31. The molecule has 0 aliphatic carbocycles. The standard InChI is InChI=1S/C24H24ClN3O4/c1-14-10-17(19-12-18(25)6-7-21(19)26-14)11-15-2-4-16(5-3-15)23(29)27-22-8-9-32-13-20(22)24(30)28-31/h2-7,10,12,20,22,31H,8-9,11,13H2,1H3,(H,27,29)(H,28,30)/t20-,22+/m0/s1. The fraction of sp³-hybridized carbons (Fsp3) is 0.292. The fourth-order valence-electron chi connectivity index (χ4n) is 4.06. The molecule has 1 aliphatic heterocycles. The monoisotopic (exact) mass is 453 g/mol. The van der Waals surface area contributed by atoms with Crippen LogP contribution >= 0.6 is 11.6 Å². The van der Waals surface area contributed by atoms with Crippen molar-refractivity contribution in [2.24, 2.45) is 5.92 Å². The Hall–Kier alpha value is -3.00. The van der Waals surface area contributed by atoms with Crippen LogP contribution in [-0.4, -0.2) is 41.3 Å². The molecule has 166 valence electrons. The van der Waals surface area contributed by atoms with E-state index < -0.39 is 17.9 Å². The minimum absolute atomic E-state index is 0.152. The van der Waals surface area contributed by atoms with Gasteiger partial charge in [0.1, 0.15) is 0 Å². The van der Waals surface area contributed by atoms with Crippen molar-refractivity contribution in [2.75, 3.05) is 13.2 Å². The average molecular weight is 454 g/mol. The largest absolute Gasteiger partial charge is 0.380 e. The Labute approximate surface area is 190 Å². The summed E-state index contributed by atoms with van der Waals surface area (Å²) in [7, 11) is 0. The number of amides is 2. The lowest BCUT2D eigenvalue weighted by atomic mass is 9.94. The highest BCUT2D eigenvalue weighted by Crippen LogP contribution is 2.25. The van der Waals surface area contributed by atoms with Crippen LogP contribution in [0.2, 0.25) is 5.02 Å². The van der Waals surface area contributed by atoms with E-state index in [-0.39, 0.29) is 12.5 Å². The lowest BCUT2D eigenvalue weighted by Crippen LogP contribution is -2.51. The Balaban J connectivity index is 1.49. The van der Waals surface area contributed by atoms with Gasteiger partial charge in [-0.2, -0.15) is 0 Å². The molecular weight excluding hydrogens is 430 g/mol. The fourth-order valence-corrected chi connectivity index (χ4v) is 4.23. The number of hydroxylamine groups is 1. The molecule has 2 aromatic carbocycles. The molecule has 2 amide bonds. The molecule has 2 heterocycles. The van der Waals surface area contributed by atoms with Gasteiger partial charge in [0.15, 0.2) is 0 Å². The predicted molar refractivity (Wildman–Crippen MR) is 121 cm³/mol. The maximum absolute atomic E-state index is 12.7. The molecule has 1 fully saturated rings. The molecule has 0 unspecified atom stereocenters. The summed E-state index contributed by atoms with van der Waals surface area (Å²) in [6.07, 6.45) is 1.18. The van der Waals surface area contributed by atoms with Crippen LogP contribution in [0, 0.1) is 12.8 Å². The van der Waals surface area contributed by atoms with Crippen LogP contribution in [0.3, 0.4) is 0 Å². The highest BCUT2D eigenvalue weighted by Gasteiger charge is 2.32. The minimum Gasteiger partial charge on any atom is -0.380 e. The number of carbonyl (C=O) groups excluding carboxylic acids is 2. The second-order valence-electron chi connectivity index (χ2n) is 7.98. The van der Waals surface area contributed by atoms with Crippen LogP contribution in [0.1, 0.15) is 33.6 Å². The van der Waals surface area contributed by atoms with Gasteiger partial charge in [-0.15, -0.1) is 0 Å². The van der Waals surface area contributed by atoms with E-state index in [0.29, 0.717) is 30.0 Å². The molecule has 0 saturated carbocycles. The first-order valence-corrected chi connectivity index (χ1v) is 10.8. The van der Waals surface area contributed by atoms with Crippen molar-refractivity contribution in [3.8, 4) is 0 Å². The third-order valence-corrected chi connectivity index (χ3v) is 5.95. The van der Waals surface area contributed by atoms with Gasteiger partial charge in [-0.05, 0) is 67.3 Å². The van der Waals surface area contributed by atoms with E-state index in [1.807, 2.05) is 37.3 Å². The smallest absolute Gasteiger partial charge is 0.251 e. The number of aromatic nitrogens is 1. The summed E-state index contributed by atoms with van der Waals surface area (Å²) in [6.45, 7) is 2.56. The van der Waals surface area contributed by atoms with E-state index in [4.69, 9.17) is 21.5 Å². The number of rotatable bonds is 5. The van der Waals surface area contributed by atoms with Crippen molar-refractivity contribution in [1.29, 1.82) is 0 Å². The SMILES string of the molecule is Cc1cc(Cc2ccc(C(=O)N[C@@H]3CCOC[C@@H]3C(=O)NO)cc2)c2cc(Cl)ccc2n1. The maximum atomic E-state index is 12.7. The first-order chi connectivity index (χ1) is 15.4. The molecule has 0 radical (unpaired) electrons. The molecule has 3 aromatic rings. The van der Waals surface area contributed by atoms with Crippen LogP contribution < -0.4 is 10.8 Å². The Morgan fingerprint density at radius 2 is 1.97 bits per heavy atom. The molecule has 0 bridgehead atoms. The van der Waals surface area contributed by atoms with Crippen LogP contribution in [-0.2, 0) is 16.0 Å². The van der Waals surface area contributed by atoms with Crippen LogP contribution in [0.5, 0.6) is 0 Å². The number of carbonyl (C=O) groups is 2. The molecule has 3 N–H and O–H groups in total. The zero-order chi connectivity index (χ0) is 22.7. The summed E-state index contributed by atoms with van der Waals surface area (Å²) < 4.78 is 5.31. The number of nitrogens with zero attached hydrogens (tertiary/aromatic N) is 1. The molecule has 0 spiro atoms. The van der Waals surface area contributed by atoms with Gasteiger partial charge in [0.2, 0.25) is 0 Å². The van der Waals surface area contributed by atoms with Gasteiger partial charge >= 0.3 is 0 Å². The Kier molecular flexibility index (Phi) is 6.69. The maximum Gasteiger partial charge on any atom is 0.251 e. The molecular formula is C24H24ClN3O4. The molecule has 8 heteroatoms. The number of pyridine rings is 1. The van der Waals surface area contributed by atoms with Crippen molar-refractivity contribution < 1.29 is 19.5 Å². The first kappa shape index (κ1) is 22.2. The normalized spacial score (nSPS) is 18.3. The number of fused-ring (bicyclic) bond motifs is 1.